The van der Waals surface area contributed by atoms with Crippen molar-refractivity contribution in [3.05, 3.63) is 72.1 Å². The van der Waals surface area contributed by atoms with Gasteiger partial charge in [-0.2, -0.15) is 15.0 Å². The van der Waals surface area contributed by atoms with E-state index in [4.69, 9.17) is 30.2 Å². The van der Waals surface area contributed by atoms with Crippen molar-refractivity contribution in [3.63, 3.8) is 0 Å². The summed E-state index contributed by atoms with van der Waals surface area (Å²) in [7, 11) is -0.601. The Morgan fingerprint density at radius 3 is 1.33 bits per heavy atom. The zero-order chi connectivity index (χ0) is 31.3. The van der Waals surface area contributed by atoms with E-state index in [1.54, 1.807) is 29.6 Å². The molecule has 12 heteroatoms. The van der Waals surface area contributed by atoms with E-state index in [9.17, 15) is 0 Å². The summed E-state index contributed by atoms with van der Waals surface area (Å²) < 4.78 is 24.0. The third-order valence-electron chi connectivity index (χ3n) is 8.40. The lowest BCUT2D eigenvalue weighted by Crippen LogP contribution is -2.41. The highest BCUT2D eigenvalue weighted by molar-refractivity contribution is 6.62. The number of nitrogens with zero attached hydrogens (tertiary/aromatic N) is 5. The van der Waals surface area contributed by atoms with E-state index in [-0.39, 0.29) is 36.6 Å². The molecule has 1 aromatic heterocycles. The van der Waals surface area contributed by atoms with Crippen molar-refractivity contribution < 1.29 is 18.6 Å². The van der Waals surface area contributed by atoms with E-state index in [0.29, 0.717) is 19.1 Å². The molecule has 4 heterocycles. The van der Waals surface area contributed by atoms with Crippen LogP contribution in [0.15, 0.2) is 70.9 Å². The molecule has 0 amide bonds. The maximum absolute atomic E-state index is 6.04. The molecule has 3 aliphatic heterocycles. The van der Waals surface area contributed by atoms with Gasteiger partial charge in [0.25, 0.3) is 0 Å². The van der Waals surface area contributed by atoms with Crippen LogP contribution in [0.2, 0.25) is 0 Å². The molecule has 43 heavy (non-hydrogen) atoms. The van der Waals surface area contributed by atoms with E-state index in [0.717, 1.165) is 22.1 Å². The molecular formula is C31H42B2ClN5O4. The quantitative estimate of drug-likeness (QED) is 0.315. The topological polar surface area (TPSA) is 92.4 Å². The summed E-state index contributed by atoms with van der Waals surface area (Å²) in [6, 6.07) is 16.2. The average molecular weight is 606 g/mol. The Hall–Kier alpha value is -2.82. The van der Waals surface area contributed by atoms with Crippen molar-refractivity contribution >= 4 is 49.2 Å². The molecule has 2 saturated heterocycles. The van der Waals surface area contributed by atoms with Gasteiger partial charge in [0.2, 0.25) is 0 Å². The highest BCUT2D eigenvalue weighted by Crippen LogP contribution is 2.37. The lowest BCUT2D eigenvalue weighted by molar-refractivity contribution is 0.00578. The zero-order valence-corrected chi connectivity index (χ0v) is 27.2. The normalized spacial score (nSPS) is 20.4. The Balaban J connectivity index is 0.000000172. The molecule has 0 unspecified atom stereocenters. The van der Waals surface area contributed by atoms with Gasteiger partial charge in [-0.3, -0.25) is 9.98 Å². The number of aromatic nitrogens is 3. The molecule has 228 valence electrons. The van der Waals surface area contributed by atoms with E-state index < -0.39 is 0 Å². The lowest BCUT2D eigenvalue weighted by atomic mass is 9.79. The van der Waals surface area contributed by atoms with Crippen LogP contribution in [0, 0.1) is 0 Å². The summed E-state index contributed by atoms with van der Waals surface area (Å²) in [4.78, 5) is 9.13. The summed E-state index contributed by atoms with van der Waals surface area (Å²) in [5.41, 5.74) is 3.12. The predicted octanol–water partition coefficient (Wildman–Crippen LogP) is 4.45. The van der Waals surface area contributed by atoms with Gasteiger partial charge in [-0.15, -0.1) is 11.6 Å². The van der Waals surface area contributed by atoms with Gasteiger partial charge in [-0.1, -0.05) is 48.5 Å². The minimum absolute atomic E-state index is 0.288. The molecular weight excluding hydrogens is 563 g/mol. The van der Waals surface area contributed by atoms with Gasteiger partial charge in [-0.25, -0.2) is 0 Å². The number of aliphatic imine (C=N–C) groups is 2. The third-order valence-corrected chi connectivity index (χ3v) is 8.70. The van der Waals surface area contributed by atoms with Crippen LogP contribution >= 0.6 is 11.6 Å². The van der Waals surface area contributed by atoms with E-state index >= 15 is 0 Å². The van der Waals surface area contributed by atoms with Crippen LogP contribution in [-0.2, 0) is 31.0 Å². The van der Waals surface area contributed by atoms with Crippen LogP contribution < -0.4 is 10.9 Å². The van der Waals surface area contributed by atoms with Crippen molar-refractivity contribution in [3.8, 4) is 0 Å². The van der Waals surface area contributed by atoms with Crippen LogP contribution in [0.25, 0.3) is 0 Å². The summed E-state index contributed by atoms with van der Waals surface area (Å²) in [5, 5.41) is 8.21. The molecule has 0 saturated carbocycles. The number of benzene rings is 2. The fraction of sp³-hybridized carbons (Fsp3) is 0.484. The lowest BCUT2D eigenvalue weighted by Gasteiger charge is -2.32. The van der Waals surface area contributed by atoms with Crippen molar-refractivity contribution in [2.75, 3.05) is 6.67 Å². The number of hydrogen-bond acceptors (Lipinski definition) is 8. The van der Waals surface area contributed by atoms with Crippen LogP contribution in [0.4, 0.5) is 0 Å². The van der Waals surface area contributed by atoms with Gasteiger partial charge < -0.3 is 18.6 Å². The summed E-state index contributed by atoms with van der Waals surface area (Å²) in [6.07, 6.45) is 6.75. The highest BCUT2D eigenvalue weighted by Gasteiger charge is 2.52. The molecule has 0 radical (unpaired) electrons. The van der Waals surface area contributed by atoms with Gasteiger partial charge in [0.05, 0.1) is 41.3 Å². The standard InChI is InChI=1S/C15H20BN3O2.C13H18BClO2.C3H4N2/c1-14(2)15(3,4)21-16(20-14)13-7-5-12(6-8-13)11-19-17-9-10-18-19;1-12(2)13(3,4)17-14(16-12)11-7-5-10(9-15)6-8-11;1-2-5-3-4-1/h5-10H,11H2,1-4H3;5-8H,9H2,1-4H3;1-2H,3H2. The summed E-state index contributed by atoms with van der Waals surface area (Å²) >= 11 is 5.77. The Bertz CT molecular complexity index is 1340. The van der Waals surface area contributed by atoms with Crippen molar-refractivity contribution in [2.45, 2.75) is 90.2 Å². The molecule has 3 aliphatic rings. The minimum Gasteiger partial charge on any atom is -0.399 e. The number of rotatable bonds is 5. The maximum Gasteiger partial charge on any atom is 0.494 e. The minimum atomic E-state index is -0.313. The van der Waals surface area contributed by atoms with Gasteiger partial charge in [0, 0.05) is 18.3 Å². The van der Waals surface area contributed by atoms with Gasteiger partial charge >= 0.3 is 14.2 Å². The summed E-state index contributed by atoms with van der Waals surface area (Å²) in [6.45, 7) is 17.8. The fourth-order valence-corrected chi connectivity index (χ4v) is 4.40. The monoisotopic (exact) mass is 605 g/mol. The first-order valence-electron chi connectivity index (χ1n) is 14.5. The van der Waals surface area contributed by atoms with Gasteiger partial charge in [-0.05, 0) is 77.4 Å². The second-order valence-electron chi connectivity index (χ2n) is 12.7. The van der Waals surface area contributed by atoms with Crippen LogP contribution in [0.3, 0.4) is 0 Å². The largest absolute Gasteiger partial charge is 0.494 e. The number of hydrogen-bond donors (Lipinski definition) is 0. The second kappa shape index (κ2) is 13.4. The first-order chi connectivity index (χ1) is 20.2. The van der Waals surface area contributed by atoms with Crippen LogP contribution in [0.1, 0.15) is 66.5 Å². The second-order valence-corrected chi connectivity index (χ2v) is 12.9. The SMILES string of the molecule is C1=NCN=C1.CC1(C)OB(c2ccc(CCl)cc2)OC1(C)C.CC1(C)OB(c2ccc(Cn3nccn3)cc2)OC1(C)C. The van der Waals surface area contributed by atoms with E-state index in [1.165, 1.54) is 0 Å². The Morgan fingerprint density at radius 1 is 0.628 bits per heavy atom. The Kier molecular flexibility index (Phi) is 10.3. The molecule has 0 bridgehead atoms. The number of alkyl halides is 1. The smallest absolute Gasteiger partial charge is 0.399 e. The molecule has 6 rings (SSSR count). The van der Waals surface area contributed by atoms with Crippen molar-refractivity contribution in [2.24, 2.45) is 9.98 Å². The molecule has 2 aromatic carbocycles. The molecule has 0 atom stereocenters. The van der Waals surface area contributed by atoms with Crippen molar-refractivity contribution in [1.29, 1.82) is 0 Å². The molecule has 2 fully saturated rings. The maximum atomic E-state index is 6.04. The molecule has 0 N–H and O–H groups in total. The number of halogens is 1. The fourth-order valence-electron chi connectivity index (χ4n) is 4.23. The molecule has 9 nitrogen and oxygen atoms in total. The average Bonchev–Trinajstić information content (AvgIpc) is 3.75. The van der Waals surface area contributed by atoms with Crippen molar-refractivity contribution in [1.82, 2.24) is 15.0 Å². The zero-order valence-electron chi connectivity index (χ0n) is 26.5. The predicted molar refractivity (Wildman–Crippen MR) is 175 cm³/mol. The summed E-state index contributed by atoms with van der Waals surface area (Å²) in [5.74, 6) is 0.531. The van der Waals surface area contributed by atoms with Gasteiger partial charge in [0.15, 0.2) is 0 Å². The van der Waals surface area contributed by atoms with Gasteiger partial charge in [0.1, 0.15) is 6.67 Å². The molecule has 0 aliphatic carbocycles. The van der Waals surface area contributed by atoms with Crippen LogP contribution in [0.5, 0.6) is 0 Å². The van der Waals surface area contributed by atoms with E-state index in [1.807, 2.05) is 36.4 Å². The van der Waals surface area contributed by atoms with Crippen LogP contribution in [-0.4, -0.2) is 70.7 Å². The Morgan fingerprint density at radius 2 is 1.00 bits per heavy atom. The Labute approximate surface area is 261 Å². The molecule has 3 aromatic rings. The molecule has 0 spiro atoms. The first-order valence-corrected chi connectivity index (χ1v) is 15.0. The highest BCUT2D eigenvalue weighted by atomic mass is 35.5. The third kappa shape index (κ3) is 8.22. The first kappa shape index (κ1) is 33.1. The van der Waals surface area contributed by atoms with E-state index in [2.05, 4.69) is 87.7 Å².